The Morgan fingerprint density at radius 1 is 0.833 bits per heavy atom. The van der Waals surface area contributed by atoms with Gasteiger partial charge in [-0.1, -0.05) is 0 Å². The molecule has 2 bridgehead atoms. The molecule has 0 saturated heterocycles. The fraction of sp³-hybridized carbons (Fsp3) is 0.368. The van der Waals surface area contributed by atoms with Gasteiger partial charge < -0.3 is 24.3 Å². The minimum absolute atomic E-state index is 0.284. The summed E-state index contributed by atoms with van der Waals surface area (Å²) in [6.45, 7) is 0.314. The summed E-state index contributed by atoms with van der Waals surface area (Å²) in [5.74, 6) is 3.29. The number of ether oxygens (including phenoxy) is 4. The fourth-order valence-electron chi connectivity index (χ4n) is 4.14. The Bertz CT molecular complexity index is 833. The molecule has 1 N–H and O–H groups in total. The van der Waals surface area contributed by atoms with E-state index in [1.54, 1.807) is 14.2 Å². The predicted molar refractivity (Wildman–Crippen MR) is 88.1 cm³/mol. The topological polar surface area (TPSA) is 49.0 Å². The summed E-state index contributed by atoms with van der Waals surface area (Å²) < 4.78 is 22.0. The average molecular weight is 325 g/mol. The third-order valence-corrected chi connectivity index (χ3v) is 5.28. The maximum absolute atomic E-state index is 5.55. The average Bonchev–Trinajstić information content (AvgIpc) is 3.06. The van der Waals surface area contributed by atoms with Gasteiger partial charge in [0.15, 0.2) is 23.0 Å². The van der Waals surface area contributed by atoms with E-state index in [9.17, 15) is 0 Å². The van der Waals surface area contributed by atoms with E-state index in [0.29, 0.717) is 12.8 Å². The van der Waals surface area contributed by atoms with Crippen molar-refractivity contribution >= 4 is 0 Å². The highest BCUT2D eigenvalue weighted by molar-refractivity contribution is 5.55. The molecule has 0 spiro atoms. The Morgan fingerprint density at radius 3 is 2.12 bits per heavy atom. The van der Waals surface area contributed by atoms with Gasteiger partial charge >= 0.3 is 0 Å². The van der Waals surface area contributed by atoms with Crippen LogP contribution >= 0.6 is 0 Å². The van der Waals surface area contributed by atoms with Crippen LogP contribution in [-0.2, 0) is 12.8 Å². The van der Waals surface area contributed by atoms with Crippen LogP contribution in [0.4, 0.5) is 0 Å². The summed E-state index contributed by atoms with van der Waals surface area (Å²) in [4.78, 5) is 0. The minimum atomic E-state index is 0.284. The molecule has 2 atom stereocenters. The van der Waals surface area contributed by atoms with Crippen molar-refractivity contribution in [3.8, 4) is 23.0 Å². The first kappa shape index (κ1) is 14.0. The molecule has 0 radical (unpaired) electrons. The number of fused-ring (bicyclic) bond motifs is 7. The van der Waals surface area contributed by atoms with Crippen molar-refractivity contribution in [2.45, 2.75) is 24.9 Å². The number of rotatable bonds is 2. The SMILES string of the molecule is COc1cc2c(cc1OC)[C@@H]1Cc3cc4c(cc3[C@H](C2)N1)OCO4. The molecule has 3 heterocycles. The Morgan fingerprint density at radius 2 is 1.42 bits per heavy atom. The lowest BCUT2D eigenvalue weighted by Crippen LogP contribution is -2.39. The molecule has 3 aliphatic heterocycles. The lowest BCUT2D eigenvalue weighted by atomic mass is 9.78. The largest absolute Gasteiger partial charge is 0.493 e. The summed E-state index contributed by atoms with van der Waals surface area (Å²) >= 11 is 0. The van der Waals surface area contributed by atoms with Crippen molar-refractivity contribution in [3.05, 3.63) is 46.5 Å². The van der Waals surface area contributed by atoms with Crippen LogP contribution in [0.3, 0.4) is 0 Å². The van der Waals surface area contributed by atoms with Gasteiger partial charge in [-0.05, 0) is 59.4 Å². The second-order valence-electron chi connectivity index (χ2n) is 6.49. The van der Waals surface area contributed by atoms with Crippen molar-refractivity contribution in [2.75, 3.05) is 21.0 Å². The first-order valence-electron chi connectivity index (χ1n) is 8.20. The van der Waals surface area contributed by atoms with Gasteiger partial charge in [0.2, 0.25) is 6.79 Å². The summed E-state index contributed by atoms with van der Waals surface area (Å²) in [5, 5.41) is 3.75. The molecule has 5 rings (SSSR count). The van der Waals surface area contributed by atoms with Crippen LogP contribution in [0.1, 0.15) is 34.3 Å². The Labute approximate surface area is 140 Å². The van der Waals surface area contributed by atoms with Crippen LogP contribution in [0.2, 0.25) is 0 Å². The number of benzene rings is 2. The maximum atomic E-state index is 5.55. The van der Waals surface area contributed by atoms with Gasteiger partial charge in [0, 0.05) is 12.1 Å². The molecule has 2 aromatic carbocycles. The molecule has 5 nitrogen and oxygen atoms in total. The van der Waals surface area contributed by atoms with E-state index >= 15 is 0 Å². The van der Waals surface area contributed by atoms with Crippen LogP contribution in [-0.4, -0.2) is 21.0 Å². The third kappa shape index (κ3) is 1.91. The van der Waals surface area contributed by atoms with E-state index < -0.39 is 0 Å². The van der Waals surface area contributed by atoms with Gasteiger partial charge in [0.05, 0.1) is 14.2 Å². The van der Waals surface area contributed by atoms with Crippen molar-refractivity contribution in [2.24, 2.45) is 0 Å². The zero-order chi connectivity index (χ0) is 16.3. The zero-order valence-corrected chi connectivity index (χ0v) is 13.7. The van der Waals surface area contributed by atoms with Gasteiger partial charge in [0.1, 0.15) is 0 Å². The molecule has 0 saturated carbocycles. The number of methoxy groups -OCH3 is 2. The van der Waals surface area contributed by atoms with E-state index in [1.165, 1.54) is 22.3 Å². The highest BCUT2D eigenvalue weighted by Gasteiger charge is 2.35. The van der Waals surface area contributed by atoms with E-state index in [-0.39, 0.29) is 6.04 Å². The summed E-state index contributed by atoms with van der Waals surface area (Å²) in [5.41, 5.74) is 5.28. The molecule has 24 heavy (non-hydrogen) atoms. The normalized spacial score (nSPS) is 22.6. The first-order valence-corrected chi connectivity index (χ1v) is 8.20. The quantitative estimate of drug-likeness (QED) is 0.920. The molecule has 2 aromatic rings. The van der Waals surface area contributed by atoms with Crippen LogP contribution in [0.15, 0.2) is 24.3 Å². The molecule has 0 aliphatic carbocycles. The summed E-state index contributed by atoms with van der Waals surface area (Å²) in [7, 11) is 3.36. The van der Waals surface area contributed by atoms with Crippen molar-refractivity contribution in [1.82, 2.24) is 5.32 Å². The highest BCUT2D eigenvalue weighted by Crippen LogP contribution is 2.46. The van der Waals surface area contributed by atoms with Crippen molar-refractivity contribution < 1.29 is 18.9 Å². The molecule has 0 aromatic heterocycles. The van der Waals surface area contributed by atoms with Gasteiger partial charge in [-0.3, -0.25) is 0 Å². The Balaban J connectivity index is 1.60. The predicted octanol–water partition coefficient (Wildman–Crippen LogP) is 2.92. The van der Waals surface area contributed by atoms with Gasteiger partial charge in [0.25, 0.3) is 0 Å². The molecular formula is C19H19NO4. The van der Waals surface area contributed by atoms with E-state index in [2.05, 4.69) is 29.6 Å². The number of nitrogens with one attached hydrogen (secondary N) is 1. The Hall–Kier alpha value is -2.40. The van der Waals surface area contributed by atoms with E-state index in [1.807, 2.05) is 0 Å². The molecule has 0 unspecified atom stereocenters. The number of hydrogen-bond acceptors (Lipinski definition) is 5. The smallest absolute Gasteiger partial charge is 0.231 e. The second-order valence-corrected chi connectivity index (χ2v) is 6.49. The highest BCUT2D eigenvalue weighted by atomic mass is 16.7. The van der Waals surface area contributed by atoms with Crippen LogP contribution in [0, 0.1) is 0 Å². The molecule has 3 aliphatic rings. The lowest BCUT2D eigenvalue weighted by Gasteiger charge is -2.39. The summed E-state index contributed by atoms with van der Waals surface area (Å²) in [6.07, 6.45) is 1.86. The number of hydrogen-bond donors (Lipinski definition) is 1. The van der Waals surface area contributed by atoms with E-state index in [0.717, 1.165) is 35.8 Å². The van der Waals surface area contributed by atoms with Crippen molar-refractivity contribution in [3.63, 3.8) is 0 Å². The third-order valence-electron chi connectivity index (χ3n) is 5.28. The van der Waals surface area contributed by atoms with Gasteiger partial charge in [-0.15, -0.1) is 0 Å². The molecule has 0 fully saturated rings. The standard InChI is InChI=1S/C19H19NO4/c1-21-16-5-10-3-15-13-8-19-18(23-9-24-19)6-11(13)4-14(20-15)12(10)7-17(16)22-2/h5-8,14-15,20H,3-4,9H2,1-2H3/t14-,15-/m0/s1. The van der Waals surface area contributed by atoms with Crippen LogP contribution in [0.25, 0.3) is 0 Å². The maximum Gasteiger partial charge on any atom is 0.231 e. The monoisotopic (exact) mass is 325 g/mol. The Kier molecular flexibility index (Phi) is 2.94. The minimum Gasteiger partial charge on any atom is -0.493 e. The molecule has 5 heteroatoms. The van der Waals surface area contributed by atoms with Crippen LogP contribution < -0.4 is 24.3 Å². The first-order chi connectivity index (χ1) is 11.8. The van der Waals surface area contributed by atoms with Gasteiger partial charge in [-0.25, -0.2) is 0 Å². The molecular weight excluding hydrogens is 306 g/mol. The molecule has 0 amide bonds. The van der Waals surface area contributed by atoms with Crippen LogP contribution in [0.5, 0.6) is 23.0 Å². The van der Waals surface area contributed by atoms with Crippen molar-refractivity contribution in [1.29, 1.82) is 0 Å². The van der Waals surface area contributed by atoms with E-state index in [4.69, 9.17) is 18.9 Å². The zero-order valence-electron chi connectivity index (χ0n) is 13.7. The summed E-state index contributed by atoms with van der Waals surface area (Å²) in [6, 6.07) is 9.08. The van der Waals surface area contributed by atoms with Gasteiger partial charge in [-0.2, -0.15) is 0 Å². The lowest BCUT2D eigenvalue weighted by molar-refractivity contribution is 0.174. The molecule has 124 valence electrons. The fourth-order valence-corrected chi connectivity index (χ4v) is 4.14. The second kappa shape index (κ2) is 5.05.